The summed E-state index contributed by atoms with van der Waals surface area (Å²) in [7, 11) is 0. The van der Waals surface area contributed by atoms with E-state index in [-0.39, 0.29) is 6.04 Å². The summed E-state index contributed by atoms with van der Waals surface area (Å²) in [5.41, 5.74) is 3.02. The van der Waals surface area contributed by atoms with Gasteiger partial charge in [0, 0.05) is 30.4 Å². The Balaban J connectivity index is 1.73. The van der Waals surface area contributed by atoms with Crippen LogP contribution in [0.3, 0.4) is 0 Å². The van der Waals surface area contributed by atoms with Crippen LogP contribution in [-0.2, 0) is 0 Å². The predicted molar refractivity (Wildman–Crippen MR) is 102 cm³/mol. The zero-order valence-electron chi connectivity index (χ0n) is 15.0. The van der Waals surface area contributed by atoms with Crippen molar-refractivity contribution in [3.8, 4) is 22.7 Å². The first-order chi connectivity index (χ1) is 13.2. The highest BCUT2D eigenvalue weighted by atomic mass is 16.3. The van der Waals surface area contributed by atoms with Crippen molar-refractivity contribution in [1.29, 1.82) is 0 Å². The fourth-order valence-electron chi connectivity index (χ4n) is 2.73. The van der Waals surface area contributed by atoms with Gasteiger partial charge in [0.2, 0.25) is 5.95 Å². The molecule has 0 aromatic carbocycles. The summed E-state index contributed by atoms with van der Waals surface area (Å²) in [4.78, 5) is 22.0. The average Bonchev–Trinajstić information content (AvgIpc) is 3.15. The molecule has 0 radical (unpaired) electrons. The van der Waals surface area contributed by atoms with Crippen LogP contribution >= 0.6 is 0 Å². The van der Waals surface area contributed by atoms with Crippen LogP contribution in [0.5, 0.6) is 0 Å². The van der Waals surface area contributed by atoms with E-state index in [1.54, 1.807) is 31.0 Å². The molecule has 4 aromatic heterocycles. The summed E-state index contributed by atoms with van der Waals surface area (Å²) >= 11 is 0. The van der Waals surface area contributed by atoms with E-state index in [4.69, 9.17) is 4.42 Å². The number of pyridine rings is 1. The van der Waals surface area contributed by atoms with Gasteiger partial charge in [-0.1, -0.05) is 6.07 Å². The molecule has 0 saturated heterocycles. The van der Waals surface area contributed by atoms with E-state index in [0.717, 1.165) is 17.0 Å². The third kappa shape index (κ3) is 3.67. The van der Waals surface area contributed by atoms with E-state index < -0.39 is 0 Å². The lowest BCUT2D eigenvalue weighted by atomic mass is 10.1. The van der Waals surface area contributed by atoms with Gasteiger partial charge in [-0.25, -0.2) is 9.97 Å². The summed E-state index contributed by atoms with van der Waals surface area (Å²) in [5, 5.41) is 3.29. The normalized spacial score (nSPS) is 11.9. The molecule has 0 spiro atoms. The maximum atomic E-state index is 5.80. The fraction of sp³-hybridized carbons (Fsp3) is 0.150. The van der Waals surface area contributed by atoms with Crippen molar-refractivity contribution >= 4 is 5.95 Å². The Morgan fingerprint density at radius 2 is 1.89 bits per heavy atom. The lowest BCUT2D eigenvalue weighted by Crippen LogP contribution is -2.11. The van der Waals surface area contributed by atoms with Crippen LogP contribution in [0, 0.1) is 6.92 Å². The molecule has 4 aromatic rings. The van der Waals surface area contributed by atoms with Crippen LogP contribution in [0.2, 0.25) is 0 Å². The summed E-state index contributed by atoms with van der Waals surface area (Å²) < 4.78 is 5.80. The minimum Gasteiger partial charge on any atom is -0.460 e. The Labute approximate surface area is 156 Å². The molecular formula is C20H18N6O. The molecular weight excluding hydrogens is 340 g/mol. The summed E-state index contributed by atoms with van der Waals surface area (Å²) in [6.45, 7) is 3.91. The lowest BCUT2D eigenvalue weighted by Gasteiger charge is -2.14. The minimum atomic E-state index is -0.0419. The van der Waals surface area contributed by atoms with E-state index in [1.165, 1.54) is 0 Å². The smallest absolute Gasteiger partial charge is 0.223 e. The highest BCUT2D eigenvalue weighted by Gasteiger charge is 2.17. The monoisotopic (exact) mass is 358 g/mol. The molecule has 1 N–H and O–H groups in total. The summed E-state index contributed by atoms with van der Waals surface area (Å²) in [6.07, 6.45) is 8.45. The Kier molecular flexibility index (Phi) is 4.57. The van der Waals surface area contributed by atoms with Gasteiger partial charge in [0.1, 0.15) is 11.5 Å². The predicted octanol–water partition coefficient (Wildman–Crippen LogP) is 4.07. The van der Waals surface area contributed by atoms with Gasteiger partial charge in [0.15, 0.2) is 5.76 Å². The molecule has 0 aliphatic heterocycles. The average molecular weight is 358 g/mol. The molecule has 7 heteroatoms. The first-order valence-corrected chi connectivity index (χ1v) is 8.58. The Bertz CT molecular complexity index is 1030. The molecule has 0 saturated carbocycles. The summed E-state index contributed by atoms with van der Waals surface area (Å²) in [5.74, 6) is 1.96. The number of anilines is 1. The van der Waals surface area contributed by atoms with Crippen molar-refractivity contribution in [2.45, 2.75) is 19.9 Å². The fourth-order valence-corrected chi connectivity index (χ4v) is 2.73. The first-order valence-electron chi connectivity index (χ1n) is 8.58. The quantitative estimate of drug-likeness (QED) is 0.575. The standard InChI is InChI=1S/C20H18N6O/c1-13-6-7-18(27-13)19-15(17-12-21-9-10-23-17)11-24-20(26-19)25-14(2)16-5-3-4-8-22-16/h3-12,14H,1-2H3,(H,24,25,26)/t14-/m1/s1. The van der Waals surface area contributed by atoms with Gasteiger partial charge < -0.3 is 9.73 Å². The van der Waals surface area contributed by atoms with Gasteiger partial charge in [-0.05, 0) is 38.1 Å². The third-order valence-corrected chi connectivity index (χ3v) is 4.08. The Morgan fingerprint density at radius 1 is 0.963 bits per heavy atom. The minimum absolute atomic E-state index is 0.0419. The molecule has 1 atom stereocenters. The number of rotatable bonds is 5. The van der Waals surface area contributed by atoms with Crippen LogP contribution in [-0.4, -0.2) is 24.9 Å². The van der Waals surface area contributed by atoms with Gasteiger partial charge in [0.25, 0.3) is 0 Å². The second-order valence-electron chi connectivity index (χ2n) is 6.08. The number of nitrogens with one attached hydrogen (secondary N) is 1. The maximum absolute atomic E-state index is 5.80. The van der Waals surface area contributed by atoms with Crippen LogP contribution < -0.4 is 5.32 Å². The number of hydrogen-bond donors (Lipinski definition) is 1. The molecule has 0 fully saturated rings. The lowest BCUT2D eigenvalue weighted by molar-refractivity contribution is 0.546. The summed E-state index contributed by atoms with van der Waals surface area (Å²) in [6, 6.07) is 9.56. The molecule has 0 bridgehead atoms. The van der Waals surface area contributed by atoms with Crippen molar-refractivity contribution in [2.24, 2.45) is 0 Å². The van der Waals surface area contributed by atoms with Crippen LogP contribution in [0.4, 0.5) is 5.95 Å². The second-order valence-corrected chi connectivity index (χ2v) is 6.08. The number of nitrogens with zero attached hydrogens (tertiary/aromatic N) is 5. The van der Waals surface area contributed by atoms with Crippen molar-refractivity contribution in [3.63, 3.8) is 0 Å². The van der Waals surface area contributed by atoms with Crippen molar-refractivity contribution in [2.75, 3.05) is 5.32 Å². The number of furan rings is 1. The molecule has 134 valence electrons. The topological polar surface area (TPSA) is 89.6 Å². The molecule has 0 aliphatic rings. The molecule has 0 aliphatic carbocycles. The SMILES string of the molecule is Cc1ccc(-c2nc(N[C@H](C)c3ccccn3)ncc2-c2cnccn2)o1. The van der Waals surface area contributed by atoms with E-state index >= 15 is 0 Å². The molecule has 7 nitrogen and oxygen atoms in total. The molecule has 4 rings (SSSR count). The van der Waals surface area contributed by atoms with E-state index in [9.17, 15) is 0 Å². The first kappa shape index (κ1) is 16.8. The highest BCUT2D eigenvalue weighted by Crippen LogP contribution is 2.31. The molecule has 27 heavy (non-hydrogen) atoms. The van der Waals surface area contributed by atoms with Gasteiger partial charge in [-0.2, -0.15) is 0 Å². The zero-order chi connectivity index (χ0) is 18.6. The van der Waals surface area contributed by atoms with Crippen molar-refractivity contribution in [3.05, 3.63) is 72.8 Å². The second kappa shape index (κ2) is 7.33. The van der Waals surface area contributed by atoms with Crippen LogP contribution in [0.25, 0.3) is 22.7 Å². The van der Waals surface area contributed by atoms with Crippen molar-refractivity contribution in [1.82, 2.24) is 24.9 Å². The van der Waals surface area contributed by atoms with Crippen LogP contribution in [0.1, 0.15) is 24.4 Å². The Morgan fingerprint density at radius 3 is 2.59 bits per heavy atom. The van der Waals surface area contributed by atoms with Gasteiger partial charge in [0.05, 0.1) is 23.6 Å². The van der Waals surface area contributed by atoms with E-state index in [1.807, 2.05) is 44.2 Å². The number of aryl methyl sites for hydroxylation is 1. The third-order valence-electron chi connectivity index (χ3n) is 4.08. The number of aromatic nitrogens is 5. The Hall–Kier alpha value is -3.61. The molecule has 4 heterocycles. The number of hydrogen-bond acceptors (Lipinski definition) is 7. The van der Waals surface area contributed by atoms with Crippen LogP contribution in [0.15, 0.2) is 65.7 Å². The largest absolute Gasteiger partial charge is 0.460 e. The highest BCUT2D eigenvalue weighted by molar-refractivity contribution is 5.76. The molecule has 0 amide bonds. The zero-order valence-corrected chi connectivity index (χ0v) is 15.0. The van der Waals surface area contributed by atoms with Gasteiger partial charge in [-0.15, -0.1) is 0 Å². The van der Waals surface area contributed by atoms with Gasteiger partial charge in [-0.3, -0.25) is 15.0 Å². The maximum Gasteiger partial charge on any atom is 0.223 e. The van der Waals surface area contributed by atoms with E-state index in [2.05, 4.69) is 30.2 Å². The van der Waals surface area contributed by atoms with E-state index in [0.29, 0.717) is 23.1 Å². The van der Waals surface area contributed by atoms with Gasteiger partial charge >= 0.3 is 0 Å². The molecule has 0 unspecified atom stereocenters. The van der Waals surface area contributed by atoms with Crippen molar-refractivity contribution < 1.29 is 4.42 Å².